The van der Waals surface area contributed by atoms with Crippen LogP contribution in [-0.4, -0.2) is 49.2 Å². The van der Waals surface area contributed by atoms with Gasteiger partial charge < -0.3 is 15.8 Å². The van der Waals surface area contributed by atoms with Gasteiger partial charge >= 0.3 is 0 Å². The third-order valence-corrected chi connectivity index (χ3v) is 6.12. The molecule has 0 saturated carbocycles. The van der Waals surface area contributed by atoms with Crippen molar-refractivity contribution >= 4 is 35.6 Å². The van der Waals surface area contributed by atoms with Gasteiger partial charge in [0.25, 0.3) is 0 Å². The Morgan fingerprint density at radius 2 is 1.85 bits per heavy atom. The van der Waals surface area contributed by atoms with Gasteiger partial charge in [0.1, 0.15) is 0 Å². The molecule has 0 amide bonds. The van der Waals surface area contributed by atoms with Gasteiger partial charge in [0.15, 0.2) is 5.96 Å². The fourth-order valence-electron chi connectivity index (χ4n) is 4.59. The molecule has 0 radical (unpaired) electrons. The summed E-state index contributed by atoms with van der Waals surface area (Å²) in [5.74, 6) is 0.531. The van der Waals surface area contributed by atoms with Crippen LogP contribution in [0.3, 0.4) is 0 Å². The van der Waals surface area contributed by atoms with Crippen LogP contribution in [0.25, 0.3) is 0 Å². The molecule has 0 atom stereocenters. The van der Waals surface area contributed by atoms with E-state index in [4.69, 9.17) is 15.5 Å². The average molecular weight is 470 g/mol. The average Bonchev–Trinajstić information content (AvgIpc) is 3.32. The van der Waals surface area contributed by atoms with Crippen molar-refractivity contribution in [1.82, 2.24) is 4.90 Å². The van der Waals surface area contributed by atoms with E-state index in [1.807, 2.05) is 0 Å². The van der Waals surface area contributed by atoms with Crippen molar-refractivity contribution in [3.8, 4) is 0 Å². The minimum atomic E-state index is 0. The van der Waals surface area contributed by atoms with Crippen LogP contribution >= 0.6 is 24.0 Å². The van der Waals surface area contributed by atoms with Crippen molar-refractivity contribution in [3.05, 3.63) is 29.3 Å². The first kappa shape index (κ1) is 19.9. The van der Waals surface area contributed by atoms with E-state index in [2.05, 4.69) is 28.4 Å². The molecule has 26 heavy (non-hydrogen) atoms. The molecular weight excluding hydrogens is 439 g/mol. The zero-order valence-corrected chi connectivity index (χ0v) is 17.8. The van der Waals surface area contributed by atoms with Crippen LogP contribution in [-0.2, 0) is 17.6 Å². The molecule has 2 saturated heterocycles. The minimum Gasteiger partial charge on any atom is -0.381 e. The number of likely N-dealkylation sites (tertiary alicyclic amines) is 1. The van der Waals surface area contributed by atoms with Crippen LogP contribution in [0.1, 0.15) is 43.2 Å². The predicted octanol–water partition coefficient (Wildman–Crippen LogP) is 3.16. The highest BCUT2D eigenvalue weighted by atomic mass is 127. The van der Waals surface area contributed by atoms with E-state index in [0.29, 0.717) is 5.96 Å². The molecule has 0 unspecified atom stereocenters. The van der Waals surface area contributed by atoms with Crippen LogP contribution in [0.15, 0.2) is 23.2 Å². The van der Waals surface area contributed by atoms with Gasteiger partial charge in [-0.2, -0.15) is 0 Å². The lowest BCUT2D eigenvalue weighted by molar-refractivity contribution is -0.0138. The lowest BCUT2D eigenvalue weighted by atomic mass is 9.88. The first-order chi connectivity index (χ1) is 12.3. The Morgan fingerprint density at radius 3 is 2.62 bits per heavy atom. The molecule has 4 rings (SSSR count). The van der Waals surface area contributed by atoms with E-state index >= 15 is 0 Å². The predicted molar refractivity (Wildman–Crippen MR) is 118 cm³/mol. The number of fused-ring (bicyclic) bond motifs is 1. The summed E-state index contributed by atoms with van der Waals surface area (Å²) < 4.78 is 5.61. The second kappa shape index (κ2) is 8.89. The molecule has 1 aromatic carbocycles. The molecule has 0 aromatic heterocycles. The zero-order valence-electron chi connectivity index (χ0n) is 15.5. The third-order valence-electron chi connectivity index (χ3n) is 6.12. The summed E-state index contributed by atoms with van der Waals surface area (Å²) >= 11 is 0. The zero-order chi connectivity index (χ0) is 17.1. The number of aryl methyl sites for hydroxylation is 2. The number of benzene rings is 1. The summed E-state index contributed by atoms with van der Waals surface area (Å²) in [6.45, 7) is 4.82. The number of guanidine groups is 1. The molecule has 2 aliphatic heterocycles. The van der Waals surface area contributed by atoms with E-state index in [-0.39, 0.29) is 29.5 Å². The standard InChI is InChI=1S/C20H30N4O.HI/c21-19(23-18-7-6-16-4-3-5-17(16)14-18)22-15-20(8-12-25-13-9-20)24-10-1-2-11-24;/h6-7,14H,1-5,8-13,15H2,(H3,21,22,23);1H. The van der Waals surface area contributed by atoms with E-state index in [1.54, 1.807) is 0 Å². The minimum absolute atomic E-state index is 0. The Hall–Kier alpha value is -0.860. The fraction of sp³-hybridized carbons (Fsp3) is 0.650. The molecule has 5 nitrogen and oxygen atoms in total. The van der Waals surface area contributed by atoms with Crippen molar-refractivity contribution in [2.75, 3.05) is 38.2 Å². The van der Waals surface area contributed by atoms with Crippen LogP contribution in [0.5, 0.6) is 0 Å². The Morgan fingerprint density at radius 1 is 1.12 bits per heavy atom. The molecular formula is C20H31IN4O. The summed E-state index contributed by atoms with van der Waals surface area (Å²) in [6, 6.07) is 6.58. The third kappa shape index (κ3) is 4.34. The number of hydrogen-bond donors (Lipinski definition) is 2. The molecule has 1 aliphatic carbocycles. The van der Waals surface area contributed by atoms with Crippen molar-refractivity contribution in [1.29, 1.82) is 0 Å². The number of nitrogens with zero attached hydrogens (tertiary/aromatic N) is 2. The summed E-state index contributed by atoms with van der Waals surface area (Å²) in [5, 5.41) is 3.30. The molecule has 6 heteroatoms. The van der Waals surface area contributed by atoms with E-state index < -0.39 is 0 Å². The Bertz CT molecular complexity index is 637. The normalized spacial score (nSPS) is 22.7. The first-order valence-corrected chi connectivity index (χ1v) is 9.77. The maximum atomic E-state index is 6.21. The summed E-state index contributed by atoms with van der Waals surface area (Å²) in [5.41, 5.74) is 10.3. The summed E-state index contributed by atoms with van der Waals surface area (Å²) in [4.78, 5) is 7.37. The largest absolute Gasteiger partial charge is 0.381 e. The highest BCUT2D eigenvalue weighted by Gasteiger charge is 2.39. The number of ether oxygens (including phenoxy) is 1. The quantitative estimate of drug-likeness (QED) is 0.403. The highest BCUT2D eigenvalue weighted by molar-refractivity contribution is 14.0. The van der Waals surface area contributed by atoms with Crippen LogP contribution in [0, 0.1) is 0 Å². The second-order valence-electron chi connectivity index (χ2n) is 7.69. The molecule has 3 aliphatic rings. The van der Waals surface area contributed by atoms with Gasteiger partial charge in [-0.15, -0.1) is 24.0 Å². The van der Waals surface area contributed by atoms with Crippen LogP contribution in [0.2, 0.25) is 0 Å². The Labute approximate surface area is 173 Å². The number of nitrogens with two attached hydrogens (primary N) is 1. The summed E-state index contributed by atoms with van der Waals surface area (Å²) in [7, 11) is 0. The highest BCUT2D eigenvalue weighted by Crippen LogP contribution is 2.31. The molecule has 0 bridgehead atoms. The molecule has 2 heterocycles. The van der Waals surface area contributed by atoms with Crippen molar-refractivity contribution in [2.24, 2.45) is 10.7 Å². The number of nitrogens with one attached hydrogen (secondary N) is 1. The maximum absolute atomic E-state index is 6.21. The number of aliphatic imine (C=N–C) groups is 1. The monoisotopic (exact) mass is 470 g/mol. The van der Waals surface area contributed by atoms with Crippen LogP contribution < -0.4 is 11.1 Å². The van der Waals surface area contributed by atoms with Crippen molar-refractivity contribution < 1.29 is 4.74 Å². The number of rotatable bonds is 4. The molecule has 0 spiro atoms. The van der Waals surface area contributed by atoms with E-state index in [0.717, 1.165) is 38.3 Å². The second-order valence-corrected chi connectivity index (χ2v) is 7.69. The van der Waals surface area contributed by atoms with Crippen molar-refractivity contribution in [3.63, 3.8) is 0 Å². The lowest BCUT2D eigenvalue weighted by Gasteiger charge is -2.43. The SMILES string of the molecule is I.NC(=NCC1(N2CCCC2)CCOCC1)Nc1ccc2c(c1)CCC2. The lowest BCUT2D eigenvalue weighted by Crippen LogP contribution is -2.53. The molecule has 1 aromatic rings. The maximum Gasteiger partial charge on any atom is 0.193 e. The van der Waals surface area contributed by atoms with Crippen LogP contribution in [0.4, 0.5) is 5.69 Å². The van der Waals surface area contributed by atoms with E-state index in [9.17, 15) is 0 Å². The molecule has 144 valence electrons. The van der Waals surface area contributed by atoms with Gasteiger partial charge in [0.05, 0.1) is 6.54 Å². The summed E-state index contributed by atoms with van der Waals surface area (Å²) in [6.07, 6.45) is 8.37. The Kier molecular flexibility index (Phi) is 6.80. The smallest absolute Gasteiger partial charge is 0.193 e. The van der Waals surface area contributed by atoms with Gasteiger partial charge in [0, 0.05) is 24.4 Å². The number of anilines is 1. The fourth-order valence-corrected chi connectivity index (χ4v) is 4.59. The number of hydrogen-bond acceptors (Lipinski definition) is 3. The van der Waals surface area contributed by atoms with Gasteiger partial charge in [-0.3, -0.25) is 9.89 Å². The van der Waals surface area contributed by atoms with Gasteiger partial charge in [0.2, 0.25) is 0 Å². The van der Waals surface area contributed by atoms with Gasteiger partial charge in [-0.1, -0.05) is 6.07 Å². The van der Waals surface area contributed by atoms with Gasteiger partial charge in [-0.05, 0) is 81.3 Å². The Balaban J connectivity index is 0.00000196. The van der Waals surface area contributed by atoms with Crippen molar-refractivity contribution in [2.45, 2.75) is 50.5 Å². The first-order valence-electron chi connectivity index (χ1n) is 9.77. The molecule has 3 N–H and O–H groups in total. The van der Waals surface area contributed by atoms with Gasteiger partial charge in [-0.25, -0.2) is 0 Å². The topological polar surface area (TPSA) is 62.9 Å². The van der Waals surface area contributed by atoms with E-state index in [1.165, 1.54) is 56.3 Å². The molecule has 2 fully saturated rings. The number of halogens is 1.